The Morgan fingerprint density at radius 1 is 1.11 bits per heavy atom. The van der Waals surface area contributed by atoms with Gasteiger partial charge in [0, 0.05) is 12.2 Å². The SMILES string of the molecule is CCN1C(=O)SC(=Cc2ccc(OCC(=O)Nc3ccc(C)cc3)cc2)C1=O. The van der Waals surface area contributed by atoms with Crippen molar-refractivity contribution < 1.29 is 19.1 Å². The average molecular weight is 396 g/mol. The number of anilines is 1. The number of rotatable bonds is 6. The topological polar surface area (TPSA) is 75.7 Å². The van der Waals surface area contributed by atoms with Crippen LogP contribution >= 0.6 is 11.8 Å². The monoisotopic (exact) mass is 396 g/mol. The van der Waals surface area contributed by atoms with Crippen LogP contribution in [-0.2, 0) is 9.59 Å². The number of likely N-dealkylation sites (N-methyl/N-ethyl adjacent to an activating group) is 1. The number of nitrogens with one attached hydrogen (secondary N) is 1. The predicted molar refractivity (Wildman–Crippen MR) is 110 cm³/mol. The molecule has 0 bridgehead atoms. The van der Waals surface area contributed by atoms with Gasteiger partial charge in [-0.05, 0) is 61.5 Å². The van der Waals surface area contributed by atoms with E-state index in [9.17, 15) is 14.4 Å². The molecule has 3 amide bonds. The third-order valence-electron chi connectivity index (χ3n) is 4.07. The van der Waals surface area contributed by atoms with Crippen LogP contribution in [0.15, 0.2) is 53.4 Å². The molecule has 28 heavy (non-hydrogen) atoms. The molecule has 1 aliphatic rings. The molecule has 0 aliphatic carbocycles. The molecule has 1 fully saturated rings. The Balaban J connectivity index is 1.55. The summed E-state index contributed by atoms with van der Waals surface area (Å²) >= 11 is 0.936. The lowest BCUT2D eigenvalue weighted by atomic mass is 10.2. The van der Waals surface area contributed by atoms with E-state index in [0.717, 1.165) is 28.6 Å². The molecule has 1 aliphatic heterocycles. The molecular formula is C21H20N2O4S. The van der Waals surface area contributed by atoms with E-state index in [1.54, 1.807) is 37.3 Å². The van der Waals surface area contributed by atoms with Crippen LogP contribution in [0.1, 0.15) is 18.1 Å². The molecule has 7 heteroatoms. The van der Waals surface area contributed by atoms with Crippen molar-refractivity contribution in [3.8, 4) is 5.75 Å². The standard InChI is InChI=1S/C21H20N2O4S/c1-3-23-20(25)18(28-21(23)26)12-15-6-10-17(11-7-15)27-13-19(24)22-16-8-4-14(2)5-9-16/h4-12H,3,13H2,1-2H3,(H,22,24). The molecule has 0 spiro atoms. The van der Waals surface area contributed by atoms with Crippen LogP contribution < -0.4 is 10.1 Å². The molecule has 2 aromatic carbocycles. The Labute approximate surface area is 167 Å². The van der Waals surface area contributed by atoms with Gasteiger partial charge in [0.05, 0.1) is 4.91 Å². The first-order valence-electron chi connectivity index (χ1n) is 8.81. The van der Waals surface area contributed by atoms with Crippen molar-refractivity contribution in [2.24, 2.45) is 0 Å². The summed E-state index contributed by atoms with van der Waals surface area (Å²) in [4.78, 5) is 37.4. The number of amides is 3. The van der Waals surface area contributed by atoms with Crippen molar-refractivity contribution in [3.05, 3.63) is 64.6 Å². The summed E-state index contributed by atoms with van der Waals surface area (Å²) in [5.41, 5.74) is 2.61. The van der Waals surface area contributed by atoms with E-state index >= 15 is 0 Å². The largest absolute Gasteiger partial charge is 0.484 e. The second-order valence-corrected chi connectivity index (χ2v) is 7.19. The fraction of sp³-hybridized carbons (Fsp3) is 0.190. The molecule has 144 valence electrons. The number of hydrogen-bond acceptors (Lipinski definition) is 5. The third-order valence-corrected chi connectivity index (χ3v) is 4.98. The zero-order valence-corrected chi connectivity index (χ0v) is 16.4. The Morgan fingerprint density at radius 3 is 2.39 bits per heavy atom. The van der Waals surface area contributed by atoms with Crippen molar-refractivity contribution in [1.29, 1.82) is 0 Å². The number of imide groups is 1. The van der Waals surface area contributed by atoms with Crippen molar-refractivity contribution in [3.63, 3.8) is 0 Å². The highest BCUT2D eigenvalue weighted by atomic mass is 32.2. The molecule has 1 heterocycles. The molecule has 0 radical (unpaired) electrons. The minimum atomic E-state index is -0.273. The third kappa shape index (κ3) is 4.80. The Hall–Kier alpha value is -3.06. The zero-order valence-electron chi connectivity index (χ0n) is 15.6. The highest BCUT2D eigenvalue weighted by molar-refractivity contribution is 8.18. The van der Waals surface area contributed by atoms with Gasteiger partial charge in [-0.2, -0.15) is 0 Å². The first-order valence-corrected chi connectivity index (χ1v) is 9.62. The van der Waals surface area contributed by atoms with Gasteiger partial charge in [0.25, 0.3) is 17.1 Å². The van der Waals surface area contributed by atoms with Crippen LogP contribution in [0.5, 0.6) is 5.75 Å². The number of thioether (sulfide) groups is 1. The van der Waals surface area contributed by atoms with Crippen LogP contribution in [0.4, 0.5) is 10.5 Å². The lowest BCUT2D eigenvalue weighted by Gasteiger charge is -2.08. The van der Waals surface area contributed by atoms with Gasteiger partial charge < -0.3 is 10.1 Å². The fourth-order valence-electron chi connectivity index (χ4n) is 2.57. The maximum atomic E-state index is 12.1. The summed E-state index contributed by atoms with van der Waals surface area (Å²) in [5.74, 6) is 0.0182. The first-order chi connectivity index (χ1) is 13.5. The maximum Gasteiger partial charge on any atom is 0.293 e. The molecule has 0 atom stereocenters. The molecular weight excluding hydrogens is 376 g/mol. The first kappa shape index (κ1) is 19.7. The van der Waals surface area contributed by atoms with Crippen molar-refractivity contribution in [2.75, 3.05) is 18.5 Å². The Bertz CT molecular complexity index is 920. The molecule has 0 unspecified atom stereocenters. The smallest absolute Gasteiger partial charge is 0.293 e. The fourth-order valence-corrected chi connectivity index (χ4v) is 3.47. The second kappa shape index (κ2) is 8.75. The van der Waals surface area contributed by atoms with Gasteiger partial charge in [-0.1, -0.05) is 29.8 Å². The number of hydrogen-bond donors (Lipinski definition) is 1. The summed E-state index contributed by atoms with van der Waals surface area (Å²) in [6, 6.07) is 14.5. The van der Waals surface area contributed by atoms with Crippen LogP contribution in [0.25, 0.3) is 6.08 Å². The van der Waals surface area contributed by atoms with E-state index in [-0.39, 0.29) is 23.7 Å². The molecule has 3 rings (SSSR count). The van der Waals surface area contributed by atoms with Crippen molar-refractivity contribution in [1.82, 2.24) is 4.90 Å². The van der Waals surface area contributed by atoms with Crippen molar-refractivity contribution in [2.45, 2.75) is 13.8 Å². The van der Waals surface area contributed by atoms with E-state index < -0.39 is 0 Å². The van der Waals surface area contributed by atoms with E-state index in [0.29, 0.717) is 17.2 Å². The number of carbonyl (C=O) groups is 3. The maximum absolute atomic E-state index is 12.1. The minimum absolute atomic E-state index is 0.109. The summed E-state index contributed by atoms with van der Waals surface area (Å²) < 4.78 is 5.49. The van der Waals surface area contributed by atoms with Gasteiger partial charge in [0.2, 0.25) is 0 Å². The van der Waals surface area contributed by atoms with Crippen LogP contribution in [-0.4, -0.2) is 35.1 Å². The lowest BCUT2D eigenvalue weighted by molar-refractivity contribution is -0.122. The molecule has 6 nitrogen and oxygen atoms in total. The molecule has 1 N–H and O–H groups in total. The van der Waals surface area contributed by atoms with Gasteiger partial charge in [-0.25, -0.2) is 0 Å². The second-order valence-electron chi connectivity index (χ2n) is 6.20. The number of aryl methyl sites for hydroxylation is 1. The van der Waals surface area contributed by atoms with Crippen LogP contribution in [0.2, 0.25) is 0 Å². The summed E-state index contributed by atoms with van der Waals surface area (Å²) in [5, 5.41) is 2.52. The summed E-state index contributed by atoms with van der Waals surface area (Å²) in [6.07, 6.45) is 1.68. The van der Waals surface area contributed by atoms with Gasteiger partial charge in [0.15, 0.2) is 6.61 Å². The zero-order chi connectivity index (χ0) is 20.1. The quantitative estimate of drug-likeness (QED) is 0.745. The number of carbonyl (C=O) groups excluding carboxylic acids is 3. The Kier molecular flexibility index (Phi) is 6.16. The van der Waals surface area contributed by atoms with E-state index in [4.69, 9.17) is 4.74 Å². The molecule has 0 saturated carbocycles. The van der Waals surface area contributed by atoms with E-state index in [1.807, 2.05) is 31.2 Å². The minimum Gasteiger partial charge on any atom is -0.484 e. The normalized spacial score (nSPS) is 15.2. The van der Waals surface area contributed by atoms with Crippen LogP contribution in [0.3, 0.4) is 0 Å². The summed E-state index contributed by atoms with van der Waals surface area (Å²) in [6.45, 7) is 4.00. The molecule has 2 aromatic rings. The van der Waals surface area contributed by atoms with Gasteiger partial charge >= 0.3 is 0 Å². The van der Waals surface area contributed by atoms with Gasteiger partial charge in [-0.15, -0.1) is 0 Å². The number of ether oxygens (including phenoxy) is 1. The summed E-state index contributed by atoms with van der Waals surface area (Å²) in [7, 11) is 0. The predicted octanol–water partition coefficient (Wildman–Crippen LogP) is 4.07. The highest BCUT2D eigenvalue weighted by Crippen LogP contribution is 2.32. The van der Waals surface area contributed by atoms with Crippen molar-refractivity contribution >= 4 is 40.6 Å². The van der Waals surface area contributed by atoms with E-state index in [1.165, 1.54) is 4.90 Å². The number of benzene rings is 2. The highest BCUT2D eigenvalue weighted by Gasteiger charge is 2.33. The molecule has 1 saturated heterocycles. The van der Waals surface area contributed by atoms with Crippen LogP contribution in [0, 0.1) is 6.92 Å². The molecule has 0 aromatic heterocycles. The Morgan fingerprint density at radius 2 is 1.79 bits per heavy atom. The number of nitrogens with zero attached hydrogens (tertiary/aromatic N) is 1. The average Bonchev–Trinajstić information content (AvgIpc) is 2.95. The van der Waals surface area contributed by atoms with E-state index in [2.05, 4.69) is 5.32 Å². The van der Waals surface area contributed by atoms with Gasteiger partial charge in [-0.3, -0.25) is 19.3 Å². The lowest BCUT2D eigenvalue weighted by Crippen LogP contribution is -2.27. The van der Waals surface area contributed by atoms with Gasteiger partial charge in [0.1, 0.15) is 5.75 Å².